The number of nitrogens with one attached hydrogen (secondary N) is 1. The van der Waals surface area contributed by atoms with Crippen molar-refractivity contribution in [1.82, 2.24) is 5.32 Å². The number of hydrogen-bond donors (Lipinski definition) is 2. The van der Waals surface area contributed by atoms with Gasteiger partial charge in [-0.05, 0) is 30.5 Å². The number of carbonyl (C=O) groups excluding carboxylic acids is 1. The third-order valence-corrected chi connectivity index (χ3v) is 3.61. The minimum absolute atomic E-state index is 0.161. The molecule has 3 N–H and O–H groups in total. The fourth-order valence-corrected chi connectivity index (χ4v) is 2.48. The molecule has 6 heteroatoms. The molecule has 1 aromatic heterocycles. The quantitative estimate of drug-likeness (QED) is 0.909. The van der Waals surface area contributed by atoms with Crippen molar-refractivity contribution < 1.29 is 13.6 Å². The molecule has 19 heavy (non-hydrogen) atoms. The van der Waals surface area contributed by atoms with E-state index in [1.807, 2.05) is 0 Å². The lowest BCUT2D eigenvalue weighted by atomic mass is 10.1. The van der Waals surface area contributed by atoms with E-state index in [2.05, 4.69) is 5.32 Å². The van der Waals surface area contributed by atoms with Crippen LogP contribution in [0.15, 0.2) is 29.6 Å². The molecular weight excluding hydrogens is 270 g/mol. The highest BCUT2D eigenvalue weighted by atomic mass is 32.1. The first-order chi connectivity index (χ1) is 9.00. The topological polar surface area (TPSA) is 55.1 Å². The van der Waals surface area contributed by atoms with Gasteiger partial charge in [-0.1, -0.05) is 6.07 Å². The molecular formula is C13H12F2N2OS. The lowest BCUT2D eigenvalue weighted by molar-refractivity contribution is 0.0943. The second-order valence-corrected chi connectivity index (χ2v) is 4.95. The summed E-state index contributed by atoms with van der Waals surface area (Å²) in [5, 5.41) is 4.21. The van der Waals surface area contributed by atoms with E-state index in [9.17, 15) is 13.6 Å². The third kappa shape index (κ3) is 2.73. The van der Waals surface area contributed by atoms with Crippen molar-refractivity contribution >= 4 is 22.9 Å². The summed E-state index contributed by atoms with van der Waals surface area (Å²) >= 11 is 1.18. The number of carbonyl (C=O) groups is 1. The van der Waals surface area contributed by atoms with E-state index in [0.29, 0.717) is 10.6 Å². The van der Waals surface area contributed by atoms with Gasteiger partial charge in [0.05, 0.1) is 11.7 Å². The molecule has 2 rings (SSSR count). The van der Waals surface area contributed by atoms with Gasteiger partial charge in [-0.3, -0.25) is 4.79 Å². The summed E-state index contributed by atoms with van der Waals surface area (Å²) in [6.45, 7) is 1.52. The van der Waals surface area contributed by atoms with Crippen LogP contribution in [0, 0.1) is 11.6 Å². The van der Waals surface area contributed by atoms with Crippen molar-refractivity contribution in [1.29, 1.82) is 0 Å². The van der Waals surface area contributed by atoms with Crippen molar-refractivity contribution in [2.75, 3.05) is 5.73 Å². The maximum atomic E-state index is 13.6. The third-order valence-electron chi connectivity index (χ3n) is 2.68. The number of amides is 1. The van der Waals surface area contributed by atoms with Gasteiger partial charge in [-0.2, -0.15) is 0 Å². The number of rotatable bonds is 3. The Labute approximate surface area is 113 Å². The SMILES string of the molecule is CC(NC(=O)c1sccc1N)c1c(F)cccc1F. The number of thiophene rings is 1. The van der Waals surface area contributed by atoms with E-state index in [0.717, 1.165) is 12.1 Å². The van der Waals surface area contributed by atoms with Crippen molar-refractivity contribution in [3.8, 4) is 0 Å². The number of nitrogens with two attached hydrogens (primary N) is 1. The van der Waals surface area contributed by atoms with E-state index in [1.165, 1.54) is 24.3 Å². The highest BCUT2D eigenvalue weighted by Gasteiger charge is 2.20. The molecule has 2 aromatic rings. The lowest BCUT2D eigenvalue weighted by Crippen LogP contribution is -2.27. The fourth-order valence-electron chi connectivity index (χ4n) is 1.76. The molecule has 3 nitrogen and oxygen atoms in total. The Morgan fingerprint density at radius 2 is 1.95 bits per heavy atom. The summed E-state index contributed by atoms with van der Waals surface area (Å²) in [5.74, 6) is -1.82. The van der Waals surface area contributed by atoms with Crippen LogP contribution in [0.1, 0.15) is 28.2 Å². The number of hydrogen-bond acceptors (Lipinski definition) is 3. The van der Waals surface area contributed by atoms with Gasteiger partial charge in [-0.25, -0.2) is 8.78 Å². The number of halogens is 2. The fraction of sp³-hybridized carbons (Fsp3) is 0.154. The van der Waals surface area contributed by atoms with Gasteiger partial charge in [0.25, 0.3) is 5.91 Å². The van der Waals surface area contributed by atoms with Crippen LogP contribution in [0.4, 0.5) is 14.5 Å². The molecule has 0 saturated carbocycles. The first-order valence-electron chi connectivity index (χ1n) is 5.58. The van der Waals surface area contributed by atoms with Crippen molar-refractivity contribution in [2.45, 2.75) is 13.0 Å². The second-order valence-electron chi connectivity index (χ2n) is 4.04. The van der Waals surface area contributed by atoms with Gasteiger partial charge in [0, 0.05) is 5.56 Å². The summed E-state index contributed by atoms with van der Waals surface area (Å²) in [5.41, 5.74) is 5.81. The van der Waals surface area contributed by atoms with Gasteiger partial charge >= 0.3 is 0 Å². The Bertz CT molecular complexity index is 592. The van der Waals surface area contributed by atoms with Gasteiger partial charge in [0.15, 0.2) is 0 Å². The largest absolute Gasteiger partial charge is 0.397 e. The molecule has 0 radical (unpaired) electrons. The zero-order valence-corrected chi connectivity index (χ0v) is 10.9. The van der Waals surface area contributed by atoms with E-state index < -0.39 is 23.6 Å². The van der Waals surface area contributed by atoms with Crippen molar-refractivity contribution in [3.05, 3.63) is 51.7 Å². The minimum atomic E-state index is -0.782. The predicted octanol–water partition coefficient (Wildman–Crippen LogP) is 3.10. The number of anilines is 1. The molecule has 0 aliphatic carbocycles. The average molecular weight is 282 g/mol. The van der Waals surface area contributed by atoms with Crippen LogP contribution in [0.3, 0.4) is 0 Å². The second kappa shape index (κ2) is 5.36. The van der Waals surface area contributed by atoms with Gasteiger partial charge in [0.2, 0.25) is 0 Å². The first-order valence-corrected chi connectivity index (χ1v) is 6.46. The average Bonchev–Trinajstić information content (AvgIpc) is 2.75. The predicted molar refractivity (Wildman–Crippen MR) is 71.0 cm³/mol. The molecule has 1 amide bonds. The van der Waals surface area contributed by atoms with Gasteiger partial charge in [0.1, 0.15) is 16.5 Å². The van der Waals surface area contributed by atoms with Crippen LogP contribution < -0.4 is 11.1 Å². The highest BCUT2D eigenvalue weighted by Crippen LogP contribution is 2.23. The van der Waals surface area contributed by atoms with Crippen LogP contribution >= 0.6 is 11.3 Å². The lowest BCUT2D eigenvalue weighted by Gasteiger charge is -2.15. The van der Waals surface area contributed by atoms with Crippen LogP contribution in [-0.4, -0.2) is 5.91 Å². The van der Waals surface area contributed by atoms with Crippen LogP contribution in [0.25, 0.3) is 0 Å². The van der Waals surface area contributed by atoms with Crippen LogP contribution in [-0.2, 0) is 0 Å². The van der Waals surface area contributed by atoms with E-state index in [1.54, 1.807) is 11.4 Å². The Morgan fingerprint density at radius 1 is 1.32 bits per heavy atom. The molecule has 0 bridgehead atoms. The Kier molecular flexibility index (Phi) is 3.80. The van der Waals surface area contributed by atoms with Crippen LogP contribution in [0.5, 0.6) is 0 Å². The zero-order chi connectivity index (χ0) is 14.0. The summed E-state index contributed by atoms with van der Waals surface area (Å²) in [6, 6.07) is 4.41. The highest BCUT2D eigenvalue weighted by molar-refractivity contribution is 7.12. The Hall–Kier alpha value is -1.95. The first kappa shape index (κ1) is 13.5. The summed E-state index contributed by atoms with van der Waals surface area (Å²) in [6.07, 6.45) is 0. The summed E-state index contributed by atoms with van der Waals surface area (Å²) in [4.78, 5) is 12.2. The molecule has 1 atom stereocenters. The smallest absolute Gasteiger partial charge is 0.263 e. The van der Waals surface area contributed by atoms with E-state index >= 15 is 0 Å². The molecule has 0 aliphatic rings. The van der Waals surface area contributed by atoms with Crippen LogP contribution in [0.2, 0.25) is 0 Å². The maximum Gasteiger partial charge on any atom is 0.263 e. The molecule has 0 fully saturated rings. The van der Waals surface area contributed by atoms with Gasteiger partial charge in [-0.15, -0.1) is 11.3 Å². The summed E-state index contributed by atoms with van der Waals surface area (Å²) in [7, 11) is 0. The Morgan fingerprint density at radius 3 is 2.47 bits per heavy atom. The zero-order valence-electron chi connectivity index (χ0n) is 10.1. The maximum absolute atomic E-state index is 13.6. The van der Waals surface area contributed by atoms with E-state index in [4.69, 9.17) is 5.73 Å². The van der Waals surface area contributed by atoms with Crippen molar-refractivity contribution in [3.63, 3.8) is 0 Å². The molecule has 0 spiro atoms. The number of benzene rings is 1. The molecule has 0 aliphatic heterocycles. The van der Waals surface area contributed by atoms with Gasteiger partial charge < -0.3 is 11.1 Å². The normalized spacial score (nSPS) is 12.2. The molecule has 0 saturated heterocycles. The standard InChI is InChI=1S/C13H12F2N2OS/c1-7(11-8(14)3-2-4-9(11)15)17-13(18)12-10(16)5-6-19-12/h2-7H,16H2,1H3,(H,17,18). The van der Waals surface area contributed by atoms with E-state index in [-0.39, 0.29) is 5.56 Å². The Balaban J connectivity index is 2.20. The summed E-state index contributed by atoms with van der Waals surface area (Å²) < 4.78 is 27.1. The molecule has 1 unspecified atom stereocenters. The molecule has 1 aromatic carbocycles. The minimum Gasteiger partial charge on any atom is -0.397 e. The van der Waals surface area contributed by atoms with Crippen molar-refractivity contribution in [2.24, 2.45) is 0 Å². The molecule has 100 valence electrons. The number of nitrogen functional groups attached to an aromatic ring is 1. The monoisotopic (exact) mass is 282 g/mol. The molecule has 1 heterocycles.